The van der Waals surface area contributed by atoms with E-state index in [2.05, 4.69) is 24.3 Å². The van der Waals surface area contributed by atoms with Crippen molar-refractivity contribution in [1.29, 1.82) is 10.5 Å². The summed E-state index contributed by atoms with van der Waals surface area (Å²) in [7, 11) is 0. The van der Waals surface area contributed by atoms with Crippen molar-refractivity contribution in [2.24, 2.45) is 0 Å². The van der Waals surface area contributed by atoms with Gasteiger partial charge in [0.15, 0.2) is 0 Å². The second-order valence-corrected chi connectivity index (χ2v) is 9.45. The molecule has 0 radical (unpaired) electrons. The number of hydrogen-bond acceptors (Lipinski definition) is 2. The summed E-state index contributed by atoms with van der Waals surface area (Å²) in [6.45, 7) is 0. The summed E-state index contributed by atoms with van der Waals surface area (Å²) in [6.07, 6.45) is 0. The maximum absolute atomic E-state index is 14.5. The van der Waals surface area contributed by atoms with Gasteiger partial charge in [0.05, 0.1) is 23.3 Å². The highest BCUT2D eigenvalue weighted by Gasteiger charge is 2.25. The molecule has 0 saturated heterocycles. The molecule has 2 aliphatic carbocycles. The van der Waals surface area contributed by atoms with E-state index in [4.69, 9.17) is 0 Å². The lowest BCUT2D eigenvalue weighted by molar-refractivity contribution is 0.626. The van der Waals surface area contributed by atoms with Gasteiger partial charge in [-0.25, -0.2) is 8.78 Å². The third-order valence-electron chi connectivity index (χ3n) is 7.38. The van der Waals surface area contributed by atoms with Gasteiger partial charge in [0.2, 0.25) is 0 Å². The summed E-state index contributed by atoms with van der Waals surface area (Å²) in [5.74, 6) is -0.637. The van der Waals surface area contributed by atoms with E-state index in [1.54, 1.807) is 48.5 Å². The maximum atomic E-state index is 14.5. The molecule has 2 nitrogen and oxygen atoms in total. The predicted octanol–water partition coefficient (Wildman–Crippen LogP) is 5.78. The number of nitrogens with zero attached hydrogens (tertiary/aromatic N) is 2. The number of nitriles is 2. The van der Waals surface area contributed by atoms with Crippen LogP contribution in [0.1, 0.15) is 33.4 Å². The summed E-state index contributed by atoms with van der Waals surface area (Å²) in [5.41, 5.74) is 8.32. The van der Waals surface area contributed by atoms with Gasteiger partial charge in [-0.1, -0.05) is 36.4 Å². The Morgan fingerprint density at radius 3 is 1.61 bits per heavy atom. The number of halogens is 2. The average Bonchev–Trinajstić information content (AvgIpc) is 3.42. The quantitative estimate of drug-likeness (QED) is 0.308. The van der Waals surface area contributed by atoms with Crippen molar-refractivity contribution in [3.63, 3.8) is 0 Å². The zero-order chi connectivity index (χ0) is 26.0. The molecule has 0 aliphatic heterocycles. The first-order valence-electron chi connectivity index (χ1n) is 12.1. The Kier molecular flexibility index (Phi) is 4.67. The molecule has 4 heteroatoms. The molecule has 0 fully saturated rings. The molecule has 0 spiro atoms. The van der Waals surface area contributed by atoms with E-state index in [0.717, 1.165) is 65.4 Å². The molecule has 0 atom stereocenters. The van der Waals surface area contributed by atoms with Gasteiger partial charge in [-0.15, -0.1) is 0 Å². The van der Waals surface area contributed by atoms with Crippen LogP contribution < -0.4 is 10.4 Å². The Labute approximate surface area is 216 Å². The maximum Gasteiger partial charge on any atom is 0.123 e. The summed E-state index contributed by atoms with van der Waals surface area (Å²) in [5, 5.41) is 22.2. The number of hydrogen-bond donors (Lipinski definition) is 0. The standard InChI is InChI=1S/C34H16F2N2/c35-23-9-11-25-27-15-28-26-12-10-24(36)14-30(26)34(22-7-3-20(18-38)4-8-22)32(28)16-31(27)33(29(25)13-23)21-5-1-19(17-37)2-6-21/h1-16H. The van der Waals surface area contributed by atoms with Crippen LogP contribution in [-0.2, 0) is 0 Å². The van der Waals surface area contributed by atoms with Crippen molar-refractivity contribution in [3.8, 4) is 23.3 Å². The van der Waals surface area contributed by atoms with E-state index in [9.17, 15) is 19.3 Å². The lowest BCUT2D eigenvalue weighted by Gasteiger charge is -2.09. The second-order valence-electron chi connectivity index (χ2n) is 9.45. The average molecular weight is 491 g/mol. The van der Waals surface area contributed by atoms with Crippen LogP contribution in [-0.4, -0.2) is 0 Å². The number of fused-ring (bicyclic) bond motifs is 5. The largest absolute Gasteiger partial charge is 0.207 e. The highest BCUT2D eigenvalue weighted by atomic mass is 19.1. The minimum atomic E-state index is -0.319. The molecule has 38 heavy (non-hydrogen) atoms. The van der Waals surface area contributed by atoms with Crippen LogP contribution in [0.25, 0.3) is 22.3 Å². The smallest absolute Gasteiger partial charge is 0.123 e. The Morgan fingerprint density at radius 1 is 0.421 bits per heavy atom. The van der Waals surface area contributed by atoms with Gasteiger partial charge in [-0.05, 0) is 126 Å². The van der Waals surface area contributed by atoms with Crippen molar-refractivity contribution in [3.05, 3.63) is 163 Å². The summed E-state index contributed by atoms with van der Waals surface area (Å²) < 4.78 is 29.0. The normalized spacial score (nSPS) is 12.3. The summed E-state index contributed by atoms with van der Waals surface area (Å²) in [4.78, 5) is 0. The Morgan fingerprint density at radius 2 is 0.974 bits per heavy atom. The van der Waals surface area contributed by atoms with Crippen LogP contribution in [0.3, 0.4) is 0 Å². The van der Waals surface area contributed by atoms with Crippen LogP contribution in [0.5, 0.6) is 0 Å². The fourth-order valence-electron chi connectivity index (χ4n) is 5.71. The molecule has 5 aromatic carbocycles. The molecule has 0 unspecified atom stereocenters. The fourth-order valence-corrected chi connectivity index (χ4v) is 5.71. The van der Waals surface area contributed by atoms with E-state index in [1.165, 1.54) is 12.1 Å². The summed E-state index contributed by atoms with van der Waals surface area (Å²) >= 11 is 0. The molecule has 0 bridgehead atoms. The Bertz CT molecular complexity index is 2150. The van der Waals surface area contributed by atoms with Crippen LogP contribution in [0.4, 0.5) is 8.78 Å². The minimum absolute atomic E-state index is 0.319. The van der Waals surface area contributed by atoms with Gasteiger partial charge in [0, 0.05) is 0 Å². The van der Waals surface area contributed by atoms with Crippen LogP contribution >= 0.6 is 0 Å². The fraction of sp³-hybridized carbons (Fsp3) is 0. The number of benzene rings is 5. The van der Waals surface area contributed by atoms with Crippen LogP contribution in [0, 0.1) is 44.7 Å². The van der Waals surface area contributed by atoms with Crippen LogP contribution in [0.2, 0.25) is 0 Å². The van der Waals surface area contributed by atoms with Gasteiger partial charge >= 0.3 is 0 Å². The third kappa shape index (κ3) is 3.15. The second kappa shape index (κ2) is 8.10. The highest BCUT2D eigenvalue weighted by Crippen LogP contribution is 2.38. The van der Waals surface area contributed by atoms with Crippen molar-refractivity contribution in [1.82, 2.24) is 0 Å². The zero-order valence-electron chi connectivity index (χ0n) is 19.9. The molecule has 0 amide bonds. The van der Waals surface area contributed by atoms with E-state index in [-0.39, 0.29) is 11.6 Å². The molecule has 176 valence electrons. The molecule has 0 heterocycles. The van der Waals surface area contributed by atoms with Gasteiger partial charge in [0.25, 0.3) is 0 Å². The zero-order valence-corrected chi connectivity index (χ0v) is 19.9. The molecule has 5 aromatic rings. The lowest BCUT2D eigenvalue weighted by Crippen LogP contribution is -2.10. The third-order valence-corrected chi connectivity index (χ3v) is 7.38. The molecule has 0 aromatic heterocycles. The molecule has 7 rings (SSSR count). The monoisotopic (exact) mass is 490 g/mol. The SMILES string of the molecule is N#Cc1ccc(C2=c3cc4c(cc3-c3ccc(F)cc32)=c2ccc(F)cc2=C4c2ccc(C#N)cc2)cc1. The van der Waals surface area contributed by atoms with Gasteiger partial charge < -0.3 is 0 Å². The van der Waals surface area contributed by atoms with E-state index in [1.807, 2.05) is 24.3 Å². The molecule has 0 N–H and O–H groups in total. The lowest BCUT2D eigenvalue weighted by atomic mass is 9.94. The van der Waals surface area contributed by atoms with Crippen molar-refractivity contribution < 1.29 is 8.78 Å². The van der Waals surface area contributed by atoms with Gasteiger partial charge in [-0.2, -0.15) is 10.5 Å². The highest BCUT2D eigenvalue weighted by molar-refractivity contribution is 5.97. The van der Waals surface area contributed by atoms with Crippen molar-refractivity contribution >= 4 is 11.1 Å². The van der Waals surface area contributed by atoms with E-state index < -0.39 is 0 Å². The van der Waals surface area contributed by atoms with Crippen LogP contribution in [0.15, 0.2) is 97.1 Å². The predicted molar refractivity (Wildman–Crippen MR) is 141 cm³/mol. The van der Waals surface area contributed by atoms with Gasteiger partial charge in [-0.3, -0.25) is 0 Å². The molecule has 0 saturated carbocycles. The summed E-state index contributed by atoms with van der Waals surface area (Å²) in [6, 6.07) is 32.8. The number of rotatable bonds is 2. The molecule has 2 aliphatic rings. The van der Waals surface area contributed by atoms with E-state index in [0.29, 0.717) is 11.1 Å². The van der Waals surface area contributed by atoms with Crippen molar-refractivity contribution in [2.45, 2.75) is 0 Å². The van der Waals surface area contributed by atoms with Crippen molar-refractivity contribution in [2.75, 3.05) is 0 Å². The topological polar surface area (TPSA) is 47.6 Å². The first-order chi connectivity index (χ1) is 18.6. The molecular weight excluding hydrogens is 474 g/mol. The first-order valence-corrected chi connectivity index (χ1v) is 12.1. The Balaban J connectivity index is 1.61. The molecular formula is C34H16F2N2. The first kappa shape index (κ1) is 21.9. The van der Waals surface area contributed by atoms with E-state index >= 15 is 0 Å². The minimum Gasteiger partial charge on any atom is -0.207 e. The van der Waals surface area contributed by atoms with Gasteiger partial charge in [0.1, 0.15) is 11.6 Å². The Hall–Kier alpha value is -5.32.